The number of carbonyl (C=O) groups excluding carboxylic acids is 2. The van der Waals surface area contributed by atoms with Gasteiger partial charge < -0.3 is 19.3 Å². The molecule has 3 aromatic rings. The van der Waals surface area contributed by atoms with Crippen LogP contribution in [0, 0.1) is 0 Å². The number of carbonyl (C=O) groups is 2. The summed E-state index contributed by atoms with van der Waals surface area (Å²) in [5.41, 5.74) is 1.53. The minimum atomic E-state index is -0.266. The van der Waals surface area contributed by atoms with E-state index in [-0.39, 0.29) is 30.9 Å². The van der Waals surface area contributed by atoms with Crippen molar-refractivity contribution in [1.82, 2.24) is 9.80 Å². The Morgan fingerprint density at radius 1 is 1.20 bits per heavy atom. The Balaban J connectivity index is 1.52. The molecular formula is C27H27ClN2O4S. The van der Waals surface area contributed by atoms with Crippen LogP contribution in [0.25, 0.3) is 0 Å². The summed E-state index contributed by atoms with van der Waals surface area (Å²) in [5.74, 6) is 0.967. The van der Waals surface area contributed by atoms with Gasteiger partial charge in [-0.3, -0.25) is 9.59 Å². The Morgan fingerprint density at radius 3 is 2.77 bits per heavy atom. The highest BCUT2D eigenvalue weighted by Crippen LogP contribution is 2.34. The molecule has 4 rings (SSSR count). The van der Waals surface area contributed by atoms with Crippen molar-refractivity contribution in [1.29, 1.82) is 0 Å². The molecule has 1 aliphatic heterocycles. The van der Waals surface area contributed by atoms with E-state index in [1.54, 1.807) is 48.8 Å². The zero-order valence-corrected chi connectivity index (χ0v) is 21.1. The molecule has 0 fully saturated rings. The normalized spacial score (nSPS) is 14.7. The number of methoxy groups -OCH3 is 1. The van der Waals surface area contributed by atoms with Crippen molar-refractivity contribution in [2.24, 2.45) is 0 Å². The smallest absolute Gasteiger partial charge is 0.254 e. The summed E-state index contributed by atoms with van der Waals surface area (Å²) in [6.45, 7) is 4.80. The van der Waals surface area contributed by atoms with E-state index in [1.807, 2.05) is 34.5 Å². The largest absolute Gasteiger partial charge is 0.497 e. The van der Waals surface area contributed by atoms with Gasteiger partial charge in [-0.15, -0.1) is 17.9 Å². The molecule has 2 amide bonds. The lowest BCUT2D eigenvalue weighted by Crippen LogP contribution is -2.47. The third kappa shape index (κ3) is 5.86. The van der Waals surface area contributed by atoms with Gasteiger partial charge >= 0.3 is 0 Å². The number of ether oxygens (including phenoxy) is 2. The van der Waals surface area contributed by atoms with E-state index >= 15 is 0 Å². The monoisotopic (exact) mass is 510 g/mol. The van der Waals surface area contributed by atoms with Gasteiger partial charge in [0.05, 0.1) is 13.2 Å². The van der Waals surface area contributed by atoms with Crippen molar-refractivity contribution in [3.63, 3.8) is 0 Å². The van der Waals surface area contributed by atoms with Gasteiger partial charge in [-0.25, -0.2) is 0 Å². The first kappa shape index (κ1) is 24.8. The maximum atomic E-state index is 13.5. The van der Waals surface area contributed by atoms with E-state index in [0.717, 1.165) is 12.0 Å². The molecule has 182 valence electrons. The first-order valence-corrected chi connectivity index (χ1v) is 12.5. The first-order chi connectivity index (χ1) is 17.0. The number of fused-ring (bicyclic) bond motifs is 1. The number of hydrogen-bond donors (Lipinski definition) is 0. The number of amides is 2. The molecule has 0 N–H and O–H groups in total. The zero-order valence-electron chi connectivity index (χ0n) is 19.5. The number of benzene rings is 2. The second kappa shape index (κ2) is 11.4. The standard InChI is InChI=1S/C27H27ClN2O4S/c1-3-12-29(27(32)19-6-4-7-20(28)15-19)17-26(31)30-13-10-25-23(11-14-35-25)24(30)18-34-22-9-5-8-21(16-22)33-2/h3-9,11,14-16,24H,1,10,12-13,17-18H2,2H3/t24-/m1/s1. The quantitative estimate of drug-likeness (QED) is 0.369. The van der Waals surface area contributed by atoms with Crippen LogP contribution in [0.2, 0.25) is 5.02 Å². The van der Waals surface area contributed by atoms with E-state index in [4.69, 9.17) is 21.1 Å². The molecule has 0 radical (unpaired) electrons. The summed E-state index contributed by atoms with van der Waals surface area (Å²) >= 11 is 7.76. The lowest BCUT2D eigenvalue weighted by atomic mass is 10.0. The fourth-order valence-electron chi connectivity index (χ4n) is 4.17. The van der Waals surface area contributed by atoms with Gasteiger partial charge in [0.15, 0.2) is 0 Å². The lowest BCUT2D eigenvalue weighted by molar-refractivity contribution is -0.135. The van der Waals surface area contributed by atoms with E-state index in [0.29, 0.717) is 35.2 Å². The Hall–Kier alpha value is -3.29. The summed E-state index contributed by atoms with van der Waals surface area (Å²) in [4.78, 5) is 31.2. The van der Waals surface area contributed by atoms with E-state index in [2.05, 4.69) is 12.6 Å². The Labute approximate surface area is 214 Å². The van der Waals surface area contributed by atoms with Gasteiger partial charge in [0.2, 0.25) is 5.91 Å². The molecule has 1 aromatic heterocycles. The summed E-state index contributed by atoms with van der Waals surface area (Å²) in [7, 11) is 1.61. The highest BCUT2D eigenvalue weighted by molar-refractivity contribution is 7.10. The molecule has 0 saturated carbocycles. The molecule has 0 aliphatic carbocycles. The number of rotatable bonds is 9. The maximum Gasteiger partial charge on any atom is 0.254 e. The van der Waals surface area contributed by atoms with Crippen LogP contribution in [0.4, 0.5) is 0 Å². The molecular weight excluding hydrogens is 484 g/mol. The number of nitrogens with zero attached hydrogens (tertiary/aromatic N) is 2. The van der Waals surface area contributed by atoms with Gasteiger partial charge in [-0.1, -0.05) is 29.8 Å². The average Bonchev–Trinajstić information content (AvgIpc) is 3.36. The highest BCUT2D eigenvalue weighted by Gasteiger charge is 2.33. The molecule has 6 nitrogen and oxygen atoms in total. The maximum absolute atomic E-state index is 13.5. The molecule has 35 heavy (non-hydrogen) atoms. The van der Waals surface area contributed by atoms with Gasteiger partial charge in [0.25, 0.3) is 5.91 Å². The average molecular weight is 511 g/mol. The van der Waals surface area contributed by atoms with Crippen LogP contribution in [0.3, 0.4) is 0 Å². The Morgan fingerprint density at radius 2 is 2.00 bits per heavy atom. The molecule has 0 saturated heterocycles. The van der Waals surface area contributed by atoms with Crippen LogP contribution in [-0.2, 0) is 11.2 Å². The molecule has 0 unspecified atom stereocenters. The van der Waals surface area contributed by atoms with Crippen LogP contribution < -0.4 is 9.47 Å². The van der Waals surface area contributed by atoms with Crippen molar-refractivity contribution in [2.75, 3.05) is 33.4 Å². The van der Waals surface area contributed by atoms with E-state index in [9.17, 15) is 9.59 Å². The predicted octanol–water partition coefficient (Wildman–Crippen LogP) is 5.24. The molecule has 0 spiro atoms. The summed E-state index contributed by atoms with van der Waals surface area (Å²) in [6, 6.07) is 15.9. The van der Waals surface area contributed by atoms with Crippen molar-refractivity contribution in [3.8, 4) is 11.5 Å². The first-order valence-electron chi connectivity index (χ1n) is 11.3. The third-order valence-electron chi connectivity index (χ3n) is 5.90. The fourth-order valence-corrected chi connectivity index (χ4v) is 5.29. The SMILES string of the molecule is C=CCN(CC(=O)N1CCc2sccc2[C@H]1COc1cccc(OC)c1)C(=O)c1cccc(Cl)c1. The molecule has 1 aliphatic rings. The van der Waals surface area contributed by atoms with Crippen LogP contribution in [-0.4, -0.2) is 55.0 Å². The molecule has 0 bridgehead atoms. The van der Waals surface area contributed by atoms with Crippen LogP contribution in [0.5, 0.6) is 11.5 Å². The molecule has 8 heteroatoms. The highest BCUT2D eigenvalue weighted by atomic mass is 35.5. The van der Waals surface area contributed by atoms with Crippen molar-refractivity contribution in [2.45, 2.75) is 12.5 Å². The van der Waals surface area contributed by atoms with Gasteiger partial charge in [-0.2, -0.15) is 0 Å². The molecule has 2 aromatic carbocycles. The topological polar surface area (TPSA) is 59.1 Å². The minimum Gasteiger partial charge on any atom is -0.497 e. The zero-order chi connectivity index (χ0) is 24.8. The predicted molar refractivity (Wildman–Crippen MR) is 139 cm³/mol. The second-order valence-corrected chi connectivity index (χ2v) is 9.56. The van der Waals surface area contributed by atoms with E-state index in [1.165, 1.54) is 9.78 Å². The van der Waals surface area contributed by atoms with Crippen molar-refractivity contribution >= 4 is 34.8 Å². The summed E-state index contributed by atoms with van der Waals surface area (Å²) in [5, 5.41) is 2.51. The third-order valence-corrected chi connectivity index (χ3v) is 7.13. The van der Waals surface area contributed by atoms with Crippen molar-refractivity contribution < 1.29 is 19.1 Å². The van der Waals surface area contributed by atoms with Crippen LogP contribution in [0.1, 0.15) is 26.8 Å². The number of thiophene rings is 1. The van der Waals surface area contributed by atoms with Gasteiger partial charge in [0, 0.05) is 34.6 Å². The summed E-state index contributed by atoms with van der Waals surface area (Å²) in [6.07, 6.45) is 2.39. The molecule has 2 heterocycles. The van der Waals surface area contributed by atoms with Crippen molar-refractivity contribution in [3.05, 3.63) is 93.7 Å². The Kier molecular flexibility index (Phi) is 8.10. The molecule has 1 atom stereocenters. The number of halogens is 1. The van der Waals surface area contributed by atoms with E-state index < -0.39 is 0 Å². The van der Waals surface area contributed by atoms with Gasteiger partial charge in [0.1, 0.15) is 24.7 Å². The minimum absolute atomic E-state index is 0.0630. The number of hydrogen-bond acceptors (Lipinski definition) is 5. The van der Waals surface area contributed by atoms with Crippen LogP contribution >= 0.6 is 22.9 Å². The van der Waals surface area contributed by atoms with Crippen LogP contribution in [0.15, 0.2) is 72.6 Å². The summed E-state index contributed by atoms with van der Waals surface area (Å²) < 4.78 is 11.4. The lowest BCUT2D eigenvalue weighted by Gasteiger charge is -2.37. The Bertz CT molecular complexity index is 1210. The second-order valence-electron chi connectivity index (χ2n) is 8.13. The van der Waals surface area contributed by atoms with Gasteiger partial charge in [-0.05, 0) is 53.8 Å². The fraction of sp³-hybridized carbons (Fsp3) is 0.259.